The molecule has 2 aliphatic heterocycles. The van der Waals surface area contributed by atoms with Crippen LogP contribution in [0.1, 0.15) is 48.5 Å². The minimum absolute atomic E-state index is 0.0519. The van der Waals surface area contributed by atoms with Crippen molar-refractivity contribution >= 4 is 102 Å². The van der Waals surface area contributed by atoms with E-state index in [9.17, 15) is 45.1 Å². The summed E-state index contributed by atoms with van der Waals surface area (Å²) in [5.74, 6) is -1.37. The van der Waals surface area contributed by atoms with Crippen LogP contribution in [-0.4, -0.2) is 162 Å². The van der Waals surface area contributed by atoms with Gasteiger partial charge in [0.25, 0.3) is 20.2 Å². The number of H-pyrrole nitrogens is 2. The third-order valence-corrected chi connectivity index (χ3v) is 16.5. The van der Waals surface area contributed by atoms with Crippen molar-refractivity contribution in [3.63, 3.8) is 0 Å². The highest BCUT2D eigenvalue weighted by Gasteiger charge is 2.22. The molecular formula is C70H74N8O16S2. The molecule has 4 amide bonds. The number of hydrogen-bond donors (Lipinski definition) is 8. The monoisotopic (exact) mass is 1350 g/mol. The quantitative estimate of drug-likeness (QED) is 0.0103. The molecule has 8 N–H and O–H groups in total. The first-order valence-electron chi connectivity index (χ1n) is 30.8. The Morgan fingerprint density at radius 1 is 0.385 bits per heavy atom. The van der Waals surface area contributed by atoms with E-state index in [0.717, 1.165) is 0 Å². The Morgan fingerprint density at radius 2 is 0.656 bits per heavy atom. The molecule has 96 heavy (non-hydrogen) atoms. The third-order valence-electron chi connectivity index (χ3n) is 14.8. The highest BCUT2D eigenvalue weighted by atomic mass is 32.2. The van der Waals surface area contributed by atoms with E-state index in [-0.39, 0.29) is 85.4 Å². The zero-order valence-corrected chi connectivity index (χ0v) is 54.1. The zero-order valence-electron chi connectivity index (χ0n) is 52.5. The van der Waals surface area contributed by atoms with Crippen molar-refractivity contribution in [1.29, 1.82) is 0 Å². The smallest absolute Gasteiger partial charge is 0.294 e. The number of amides is 4. The minimum Gasteiger partial charge on any atom is -0.377 e. The van der Waals surface area contributed by atoms with E-state index in [0.29, 0.717) is 167 Å². The SMILES string of the molecule is C=CCOCCOCCOCCNC(=O)CCC(=O)Nc1ccc(-c2c3nc(c(-c4ccc(NC(=O)CCC(=O)NCCOCCOCCOCC=C)cc4)c4ccc([nH]4)c(-c4ccc(S(=O)(=O)O)cc4)c4nc(c(-c5ccc(S(=O)(=O)O)cc5)c5ccc2[nH]5)C=C4)C=C3)cc1. The van der Waals surface area contributed by atoms with Gasteiger partial charge in [-0.1, -0.05) is 60.7 Å². The fourth-order valence-corrected chi connectivity index (χ4v) is 11.2. The molecule has 0 saturated carbocycles. The van der Waals surface area contributed by atoms with Crippen molar-refractivity contribution in [2.75, 3.05) is 103 Å². The van der Waals surface area contributed by atoms with E-state index in [2.05, 4.69) is 44.4 Å². The molecule has 2 aliphatic rings. The number of ether oxygens (including phenoxy) is 6. The summed E-state index contributed by atoms with van der Waals surface area (Å²) in [5, 5.41) is 11.3. The number of benzene rings is 4. The Balaban J connectivity index is 1.03. The van der Waals surface area contributed by atoms with Crippen LogP contribution >= 0.6 is 0 Å². The van der Waals surface area contributed by atoms with Crippen molar-refractivity contribution in [1.82, 2.24) is 30.6 Å². The Kier molecular flexibility index (Phi) is 25.6. The molecule has 9 rings (SSSR count). The third kappa shape index (κ3) is 20.2. The minimum atomic E-state index is -4.57. The van der Waals surface area contributed by atoms with Gasteiger partial charge in [-0.3, -0.25) is 28.3 Å². The lowest BCUT2D eigenvalue weighted by Gasteiger charge is -2.10. The fraction of sp³-hybridized carbons (Fsp3) is 0.257. The largest absolute Gasteiger partial charge is 0.377 e. The second kappa shape index (κ2) is 34.7. The van der Waals surface area contributed by atoms with Crippen molar-refractivity contribution < 1.29 is 73.5 Å². The topological polar surface area (TPSA) is 338 Å². The maximum atomic E-state index is 13.2. The molecule has 7 aromatic rings. The number of nitrogens with zero attached hydrogens (tertiary/aromatic N) is 2. The Morgan fingerprint density at radius 3 is 0.948 bits per heavy atom. The van der Waals surface area contributed by atoms with E-state index in [1.807, 2.05) is 60.7 Å². The number of fused-ring (bicyclic) bond motifs is 8. The zero-order chi connectivity index (χ0) is 67.9. The van der Waals surface area contributed by atoms with Gasteiger partial charge >= 0.3 is 0 Å². The molecule has 4 aromatic carbocycles. The van der Waals surface area contributed by atoms with Crippen LogP contribution in [0.4, 0.5) is 11.4 Å². The van der Waals surface area contributed by atoms with Crippen molar-refractivity contribution in [2.24, 2.45) is 0 Å². The fourth-order valence-electron chi connectivity index (χ4n) is 10.3. The highest BCUT2D eigenvalue weighted by molar-refractivity contribution is 7.86. The van der Waals surface area contributed by atoms with Crippen LogP contribution in [0.5, 0.6) is 0 Å². The van der Waals surface area contributed by atoms with Crippen LogP contribution in [0.25, 0.3) is 90.9 Å². The summed E-state index contributed by atoms with van der Waals surface area (Å²) in [5.41, 5.74) is 9.87. The molecule has 0 unspecified atom stereocenters. The van der Waals surface area contributed by atoms with Gasteiger partial charge in [0.05, 0.1) is 112 Å². The summed E-state index contributed by atoms with van der Waals surface area (Å²) in [7, 11) is -9.13. The van der Waals surface area contributed by atoms with Gasteiger partial charge in [-0.05, 0) is 119 Å². The number of carbonyl (C=O) groups is 4. The summed E-state index contributed by atoms with van der Waals surface area (Å²) < 4.78 is 101. The predicted molar refractivity (Wildman–Crippen MR) is 367 cm³/mol. The molecule has 8 bridgehead atoms. The van der Waals surface area contributed by atoms with E-state index in [4.69, 9.17) is 38.4 Å². The Labute approximate surface area is 555 Å². The average molecular weight is 1350 g/mol. The first-order chi connectivity index (χ1) is 46.4. The highest BCUT2D eigenvalue weighted by Crippen LogP contribution is 2.39. The molecule has 24 nitrogen and oxygen atoms in total. The van der Waals surface area contributed by atoms with Crippen molar-refractivity contribution in [2.45, 2.75) is 35.5 Å². The number of anilines is 2. The van der Waals surface area contributed by atoms with Gasteiger partial charge in [0.15, 0.2) is 0 Å². The average Bonchev–Trinajstić information content (AvgIpc) is 0.972. The van der Waals surface area contributed by atoms with Crippen LogP contribution < -0.4 is 21.3 Å². The van der Waals surface area contributed by atoms with E-state index >= 15 is 0 Å². The van der Waals surface area contributed by atoms with Crippen LogP contribution in [0, 0.1) is 0 Å². The van der Waals surface area contributed by atoms with Crippen LogP contribution in [-0.2, 0) is 67.8 Å². The van der Waals surface area contributed by atoms with E-state index in [1.165, 1.54) is 24.3 Å². The molecule has 0 aliphatic carbocycles. The number of aromatic amines is 2. The molecule has 0 spiro atoms. The molecule has 0 radical (unpaired) electrons. The summed E-state index contributed by atoms with van der Waals surface area (Å²) in [4.78, 5) is 68.9. The second-order valence-corrected chi connectivity index (χ2v) is 24.5. The van der Waals surface area contributed by atoms with Gasteiger partial charge in [-0.15, -0.1) is 13.2 Å². The van der Waals surface area contributed by atoms with Gasteiger partial charge in [0, 0.05) is 94.5 Å². The first-order valence-corrected chi connectivity index (χ1v) is 33.7. The number of nitrogens with one attached hydrogen (secondary N) is 6. The van der Waals surface area contributed by atoms with Gasteiger partial charge < -0.3 is 59.7 Å². The molecule has 0 saturated heterocycles. The Bertz CT molecular complexity index is 4110. The van der Waals surface area contributed by atoms with Crippen molar-refractivity contribution in [3.8, 4) is 44.5 Å². The summed E-state index contributed by atoms with van der Waals surface area (Å²) in [6.07, 6.45) is 10.4. The molecule has 5 heterocycles. The standard InChI is InChI=1S/C70H74N8O16S2/c1-3-35-89-39-43-93-45-41-91-37-33-71-63(79)29-31-65(81)73-51-13-5-47(6-14-51)67-55-21-22-56(75-55)68(48-7-15-52(16-8-48)74-66(82)32-30-64(80)72-34-38-92-42-46-94-44-40-90-36-4-2)58-24-26-60(77-58)70(50-11-19-54(20-12-50)96(86,87)88)62-28-27-61(78-62)69(59-25-23-57(67)76-59)49-9-17-53(18-10-49)95(83,84)85/h3-28,76-77H,1-2,29-46H2,(H,71,79)(H,72,80)(H,73,81)(H,74,82)(H,83,84,85)(H,86,87,88). The molecule has 0 atom stereocenters. The summed E-state index contributed by atoms with van der Waals surface area (Å²) in [6, 6.07) is 33.1. The van der Waals surface area contributed by atoms with Gasteiger partial charge in [0.2, 0.25) is 23.6 Å². The molecular weight excluding hydrogens is 1270 g/mol. The summed E-state index contributed by atoms with van der Waals surface area (Å²) >= 11 is 0. The maximum Gasteiger partial charge on any atom is 0.294 e. The normalized spacial score (nSPS) is 11.9. The Hall–Kier alpha value is -9.58. The van der Waals surface area contributed by atoms with Gasteiger partial charge in [-0.2, -0.15) is 16.8 Å². The lowest BCUT2D eigenvalue weighted by atomic mass is 10.0. The molecule has 26 heteroatoms. The lowest BCUT2D eigenvalue weighted by molar-refractivity contribution is -0.124. The van der Waals surface area contributed by atoms with Crippen LogP contribution in [0.3, 0.4) is 0 Å². The molecule has 0 fully saturated rings. The number of carbonyl (C=O) groups excluding carboxylic acids is 4. The summed E-state index contributed by atoms with van der Waals surface area (Å²) in [6.45, 7) is 12.4. The lowest BCUT2D eigenvalue weighted by Crippen LogP contribution is -2.28. The first kappa shape index (κ1) is 70.7. The predicted octanol–water partition coefficient (Wildman–Crippen LogP) is 9.96. The van der Waals surface area contributed by atoms with E-state index in [1.54, 1.807) is 72.8 Å². The molecule has 3 aromatic heterocycles. The molecule has 502 valence electrons. The second-order valence-electron chi connectivity index (χ2n) is 21.6. The van der Waals surface area contributed by atoms with Gasteiger partial charge in [0.1, 0.15) is 0 Å². The van der Waals surface area contributed by atoms with E-state index < -0.39 is 20.2 Å². The number of aromatic nitrogens is 4. The van der Waals surface area contributed by atoms with Crippen molar-refractivity contribution in [3.05, 3.63) is 169 Å². The van der Waals surface area contributed by atoms with Gasteiger partial charge in [-0.25, -0.2) is 9.97 Å². The number of hydrogen-bond acceptors (Lipinski definition) is 16. The number of rotatable bonds is 36. The van der Waals surface area contributed by atoms with Crippen LogP contribution in [0.2, 0.25) is 0 Å². The maximum absolute atomic E-state index is 13.2. The van der Waals surface area contributed by atoms with Crippen LogP contribution in [0.15, 0.2) is 156 Å².